The lowest BCUT2D eigenvalue weighted by molar-refractivity contribution is -0.125. The fourth-order valence-corrected chi connectivity index (χ4v) is 2.91. The second-order valence-corrected chi connectivity index (χ2v) is 5.63. The maximum absolute atomic E-state index is 11.9. The summed E-state index contributed by atoms with van der Waals surface area (Å²) >= 11 is 1.61. The highest BCUT2D eigenvalue weighted by molar-refractivity contribution is 7.18. The van der Waals surface area contributed by atoms with Crippen molar-refractivity contribution in [3.05, 3.63) is 29.3 Å². The van der Waals surface area contributed by atoms with Crippen molar-refractivity contribution in [1.29, 1.82) is 0 Å². The van der Waals surface area contributed by atoms with Gasteiger partial charge in [-0.3, -0.25) is 4.79 Å². The van der Waals surface area contributed by atoms with E-state index < -0.39 is 0 Å². The topological polar surface area (TPSA) is 68.0 Å². The van der Waals surface area contributed by atoms with E-state index in [0.29, 0.717) is 13.1 Å². The number of fused-ring (bicyclic) bond motifs is 1. The summed E-state index contributed by atoms with van der Waals surface area (Å²) in [5.41, 5.74) is 6.60. The van der Waals surface area contributed by atoms with Gasteiger partial charge in [-0.1, -0.05) is 25.5 Å². The van der Waals surface area contributed by atoms with Gasteiger partial charge in [0.2, 0.25) is 5.91 Å². The molecule has 0 bridgehead atoms. The zero-order valence-corrected chi connectivity index (χ0v) is 11.9. The first-order valence-corrected chi connectivity index (χ1v) is 7.38. The number of hydrogen-bond acceptors (Lipinski definition) is 4. The van der Waals surface area contributed by atoms with Gasteiger partial charge in [0.25, 0.3) is 0 Å². The molecular formula is C14H19N3OS. The molecule has 0 saturated carbocycles. The normalized spacial score (nSPS) is 12.5. The molecule has 0 spiro atoms. The summed E-state index contributed by atoms with van der Waals surface area (Å²) in [5.74, 6) is -0.0528. The predicted molar refractivity (Wildman–Crippen MR) is 78.9 cm³/mol. The quantitative estimate of drug-likeness (QED) is 0.851. The van der Waals surface area contributed by atoms with E-state index in [2.05, 4.69) is 17.2 Å². The highest BCUT2D eigenvalue weighted by Crippen LogP contribution is 2.21. The van der Waals surface area contributed by atoms with E-state index in [9.17, 15) is 4.79 Å². The van der Waals surface area contributed by atoms with Gasteiger partial charge >= 0.3 is 0 Å². The maximum atomic E-state index is 11.9. The van der Waals surface area contributed by atoms with Crippen molar-refractivity contribution >= 4 is 27.5 Å². The highest BCUT2D eigenvalue weighted by atomic mass is 32.1. The molecule has 1 unspecified atom stereocenters. The van der Waals surface area contributed by atoms with E-state index in [0.717, 1.165) is 28.1 Å². The van der Waals surface area contributed by atoms with Gasteiger partial charge in [-0.05, 0) is 18.6 Å². The van der Waals surface area contributed by atoms with Crippen molar-refractivity contribution in [1.82, 2.24) is 10.3 Å². The van der Waals surface area contributed by atoms with E-state index in [1.807, 2.05) is 24.3 Å². The third-order valence-electron chi connectivity index (χ3n) is 3.04. The van der Waals surface area contributed by atoms with Gasteiger partial charge in [-0.15, -0.1) is 11.3 Å². The number of rotatable bonds is 6. The fourth-order valence-electron chi connectivity index (χ4n) is 2.01. The van der Waals surface area contributed by atoms with Crippen LogP contribution in [0.1, 0.15) is 24.8 Å². The van der Waals surface area contributed by atoms with Gasteiger partial charge in [0.1, 0.15) is 5.01 Å². The van der Waals surface area contributed by atoms with Crippen LogP contribution in [0.15, 0.2) is 24.3 Å². The average Bonchev–Trinajstić information content (AvgIpc) is 2.85. The Morgan fingerprint density at radius 2 is 2.26 bits per heavy atom. The zero-order chi connectivity index (χ0) is 13.7. The first-order valence-electron chi connectivity index (χ1n) is 6.56. The lowest BCUT2D eigenvalue weighted by Gasteiger charge is -2.12. The van der Waals surface area contributed by atoms with Crippen LogP contribution in [0.4, 0.5) is 0 Å². The Kier molecular flexibility index (Phi) is 4.87. The van der Waals surface area contributed by atoms with Gasteiger partial charge in [0.15, 0.2) is 0 Å². The lowest BCUT2D eigenvalue weighted by atomic mass is 10.0. The number of hydrogen-bond donors (Lipinski definition) is 2. The Morgan fingerprint density at radius 3 is 2.95 bits per heavy atom. The molecule has 2 rings (SSSR count). The monoisotopic (exact) mass is 277 g/mol. The second-order valence-electron chi connectivity index (χ2n) is 4.51. The molecule has 0 fully saturated rings. The zero-order valence-electron chi connectivity index (χ0n) is 11.1. The van der Waals surface area contributed by atoms with Gasteiger partial charge in [-0.25, -0.2) is 4.98 Å². The summed E-state index contributed by atoms with van der Waals surface area (Å²) in [6.45, 7) is 2.95. The van der Waals surface area contributed by atoms with Crippen LogP contribution >= 0.6 is 11.3 Å². The molecule has 4 nitrogen and oxygen atoms in total. The standard InChI is InChI=1S/C14H19N3OS/c1-2-5-10(8-15)14(18)16-9-13-17-11-6-3-4-7-12(11)19-13/h3-4,6-7,10H,2,5,8-9,15H2,1H3,(H,16,18). The molecule has 0 aliphatic heterocycles. The van der Waals surface area contributed by atoms with Crippen LogP contribution in [-0.2, 0) is 11.3 Å². The van der Waals surface area contributed by atoms with Crippen LogP contribution in [0.5, 0.6) is 0 Å². The summed E-state index contributed by atoms with van der Waals surface area (Å²) < 4.78 is 1.15. The Balaban J connectivity index is 1.96. The summed E-state index contributed by atoms with van der Waals surface area (Å²) in [6.07, 6.45) is 1.80. The van der Waals surface area contributed by atoms with Crippen molar-refractivity contribution in [2.24, 2.45) is 11.7 Å². The maximum Gasteiger partial charge on any atom is 0.224 e. The summed E-state index contributed by atoms with van der Waals surface area (Å²) in [5, 5.41) is 3.86. The molecule has 1 heterocycles. The van der Waals surface area contributed by atoms with Crippen LogP contribution in [0.25, 0.3) is 10.2 Å². The molecule has 0 aliphatic rings. The van der Waals surface area contributed by atoms with E-state index in [4.69, 9.17) is 5.73 Å². The van der Waals surface area contributed by atoms with Crippen LogP contribution in [0, 0.1) is 5.92 Å². The first kappa shape index (κ1) is 14.0. The lowest BCUT2D eigenvalue weighted by Crippen LogP contribution is -2.34. The molecule has 0 radical (unpaired) electrons. The largest absolute Gasteiger partial charge is 0.349 e. The van der Waals surface area contributed by atoms with E-state index in [-0.39, 0.29) is 11.8 Å². The number of aromatic nitrogens is 1. The number of carbonyl (C=O) groups is 1. The number of nitrogens with one attached hydrogen (secondary N) is 1. The Labute approximate surface area is 117 Å². The number of nitrogens with zero attached hydrogens (tertiary/aromatic N) is 1. The molecular weight excluding hydrogens is 258 g/mol. The average molecular weight is 277 g/mol. The predicted octanol–water partition coefficient (Wildman–Crippen LogP) is 2.29. The van der Waals surface area contributed by atoms with Crippen molar-refractivity contribution in [3.63, 3.8) is 0 Å². The van der Waals surface area contributed by atoms with Gasteiger partial charge in [0, 0.05) is 6.54 Å². The van der Waals surface area contributed by atoms with Gasteiger partial charge < -0.3 is 11.1 Å². The van der Waals surface area contributed by atoms with Crippen LogP contribution in [0.3, 0.4) is 0 Å². The number of thiazole rings is 1. The molecule has 5 heteroatoms. The van der Waals surface area contributed by atoms with Crippen molar-refractivity contribution in [3.8, 4) is 0 Å². The van der Waals surface area contributed by atoms with Crippen LogP contribution in [0.2, 0.25) is 0 Å². The Hall–Kier alpha value is -1.46. The van der Waals surface area contributed by atoms with E-state index in [1.54, 1.807) is 11.3 Å². The van der Waals surface area contributed by atoms with Gasteiger partial charge in [0.05, 0.1) is 22.7 Å². The summed E-state index contributed by atoms with van der Waals surface area (Å²) in [6, 6.07) is 7.99. The minimum absolute atomic E-state index is 0.0311. The summed E-state index contributed by atoms with van der Waals surface area (Å²) in [7, 11) is 0. The van der Waals surface area contributed by atoms with E-state index in [1.165, 1.54) is 0 Å². The molecule has 1 aromatic carbocycles. The molecule has 0 aliphatic carbocycles. The third-order valence-corrected chi connectivity index (χ3v) is 4.08. The van der Waals surface area contributed by atoms with Crippen molar-refractivity contribution < 1.29 is 4.79 Å². The highest BCUT2D eigenvalue weighted by Gasteiger charge is 2.15. The van der Waals surface area contributed by atoms with Gasteiger partial charge in [-0.2, -0.15) is 0 Å². The molecule has 1 atom stereocenters. The minimum atomic E-state index is -0.0839. The molecule has 19 heavy (non-hydrogen) atoms. The minimum Gasteiger partial charge on any atom is -0.349 e. The van der Waals surface area contributed by atoms with Crippen LogP contribution in [-0.4, -0.2) is 17.4 Å². The molecule has 0 saturated heterocycles. The SMILES string of the molecule is CCCC(CN)C(=O)NCc1nc2ccccc2s1. The van der Waals surface area contributed by atoms with E-state index >= 15 is 0 Å². The fraction of sp³-hybridized carbons (Fsp3) is 0.429. The molecule has 1 aromatic heterocycles. The molecule has 3 N–H and O–H groups in total. The molecule has 102 valence electrons. The number of para-hydroxylation sites is 1. The Bertz CT molecular complexity index is 519. The van der Waals surface area contributed by atoms with Crippen molar-refractivity contribution in [2.45, 2.75) is 26.3 Å². The molecule has 2 aromatic rings. The number of benzene rings is 1. The summed E-state index contributed by atoms with van der Waals surface area (Å²) in [4.78, 5) is 16.4. The first-order chi connectivity index (χ1) is 9.24. The smallest absolute Gasteiger partial charge is 0.224 e. The number of carbonyl (C=O) groups excluding carboxylic acids is 1. The number of amides is 1. The Morgan fingerprint density at radius 1 is 1.47 bits per heavy atom. The van der Waals surface area contributed by atoms with Crippen molar-refractivity contribution in [2.75, 3.05) is 6.54 Å². The molecule has 1 amide bonds. The third kappa shape index (κ3) is 3.52. The van der Waals surface area contributed by atoms with Crippen LogP contribution < -0.4 is 11.1 Å². The second kappa shape index (κ2) is 6.63. The number of nitrogens with two attached hydrogens (primary N) is 1.